The molecule has 1 amide bonds. The molecule has 4 heteroatoms. The van der Waals surface area contributed by atoms with Gasteiger partial charge in [0.1, 0.15) is 0 Å². The quantitative estimate of drug-likeness (QED) is 0.859. The third-order valence-electron chi connectivity index (χ3n) is 3.72. The van der Waals surface area contributed by atoms with Crippen LogP contribution in [0.15, 0.2) is 18.2 Å². The topological polar surface area (TPSA) is 63.4 Å². The van der Waals surface area contributed by atoms with Gasteiger partial charge in [0, 0.05) is 23.2 Å². The second-order valence-corrected chi connectivity index (χ2v) is 5.91. The van der Waals surface area contributed by atoms with Gasteiger partial charge in [0.25, 0.3) is 0 Å². The molecule has 1 aromatic carbocycles. The van der Waals surface area contributed by atoms with E-state index in [4.69, 9.17) is 5.73 Å². The number of hydrogen-bond acceptors (Lipinski definition) is 3. The van der Waals surface area contributed by atoms with E-state index in [1.807, 2.05) is 37.8 Å². The maximum atomic E-state index is 12.3. The van der Waals surface area contributed by atoms with Crippen LogP contribution in [0.4, 0.5) is 5.69 Å². The average molecular weight is 274 g/mol. The molecule has 2 unspecified atom stereocenters. The minimum absolute atomic E-state index is 0.0335. The summed E-state index contributed by atoms with van der Waals surface area (Å²) in [4.78, 5) is 26.1. The van der Waals surface area contributed by atoms with Crippen LogP contribution in [0.2, 0.25) is 0 Å². The van der Waals surface area contributed by atoms with Gasteiger partial charge in [0.15, 0.2) is 5.78 Å². The summed E-state index contributed by atoms with van der Waals surface area (Å²) in [6, 6.07) is 5.16. The van der Waals surface area contributed by atoms with E-state index in [0.29, 0.717) is 5.56 Å². The van der Waals surface area contributed by atoms with Crippen molar-refractivity contribution in [2.75, 3.05) is 4.90 Å². The monoisotopic (exact) mass is 274 g/mol. The molecule has 0 aliphatic carbocycles. The van der Waals surface area contributed by atoms with Crippen molar-refractivity contribution in [3.8, 4) is 0 Å². The van der Waals surface area contributed by atoms with Crippen molar-refractivity contribution < 1.29 is 9.59 Å². The maximum absolute atomic E-state index is 12.3. The fraction of sp³-hybridized carbons (Fsp3) is 0.500. The van der Waals surface area contributed by atoms with Gasteiger partial charge in [0.2, 0.25) is 5.91 Å². The van der Waals surface area contributed by atoms with Crippen LogP contribution in [0.3, 0.4) is 0 Å². The summed E-state index contributed by atoms with van der Waals surface area (Å²) in [6.45, 7) is 7.53. The Balaban J connectivity index is 2.37. The molecule has 0 radical (unpaired) electrons. The number of ketones is 1. The largest absolute Gasteiger partial charge is 0.321 e. The van der Waals surface area contributed by atoms with E-state index in [-0.39, 0.29) is 23.7 Å². The van der Waals surface area contributed by atoms with Crippen LogP contribution >= 0.6 is 0 Å². The predicted molar refractivity (Wildman–Crippen MR) is 79.9 cm³/mol. The first-order valence-corrected chi connectivity index (χ1v) is 7.08. The fourth-order valence-corrected chi connectivity index (χ4v) is 2.66. The Morgan fingerprint density at radius 1 is 1.30 bits per heavy atom. The van der Waals surface area contributed by atoms with Gasteiger partial charge in [-0.25, -0.2) is 0 Å². The Morgan fingerprint density at radius 3 is 2.50 bits per heavy atom. The van der Waals surface area contributed by atoms with Crippen LogP contribution in [-0.4, -0.2) is 23.8 Å². The van der Waals surface area contributed by atoms with Crippen LogP contribution in [0.25, 0.3) is 0 Å². The van der Waals surface area contributed by atoms with Gasteiger partial charge >= 0.3 is 0 Å². The van der Waals surface area contributed by atoms with Gasteiger partial charge in [0.05, 0.1) is 6.04 Å². The minimum atomic E-state index is -0.500. The lowest BCUT2D eigenvalue weighted by Gasteiger charge is -2.24. The summed E-state index contributed by atoms with van der Waals surface area (Å²) in [6.07, 6.45) is 0.786. The first kappa shape index (κ1) is 14.7. The fourth-order valence-electron chi connectivity index (χ4n) is 2.66. The standard InChI is InChI=1S/C16H22N2O2/c1-9(2)16(20)18-10(3)7-13-8-12(5-6-14(13)18)15(19)11(4)17/h5-6,8-11H,7,17H2,1-4H3. The number of nitrogens with two attached hydrogens (primary N) is 1. The summed E-state index contributed by atoms with van der Waals surface area (Å²) >= 11 is 0. The smallest absolute Gasteiger partial charge is 0.229 e. The highest BCUT2D eigenvalue weighted by atomic mass is 16.2. The average Bonchev–Trinajstić information content (AvgIpc) is 2.71. The van der Waals surface area contributed by atoms with Crippen molar-refractivity contribution in [3.63, 3.8) is 0 Å². The Bertz CT molecular complexity index is 549. The number of rotatable bonds is 3. The molecule has 2 rings (SSSR count). The Kier molecular flexibility index (Phi) is 3.95. The SMILES string of the molecule is CC(C)C(=O)N1c2ccc(C(=O)C(C)N)cc2CC1C. The normalized spacial score (nSPS) is 19.1. The molecule has 0 saturated heterocycles. The molecule has 108 valence electrons. The van der Waals surface area contributed by atoms with E-state index in [1.165, 1.54) is 0 Å². The molecule has 20 heavy (non-hydrogen) atoms. The Labute approximate surface area is 119 Å². The second-order valence-electron chi connectivity index (χ2n) is 5.91. The summed E-state index contributed by atoms with van der Waals surface area (Å²) in [5.74, 6) is 0.0328. The molecular weight excluding hydrogens is 252 g/mol. The van der Waals surface area contributed by atoms with Gasteiger partial charge in [-0.1, -0.05) is 13.8 Å². The van der Waals surface area contributed by atoms with E-state index >= 15 is 0 Å². The number of amides is 1. The molecule has 1 aliphatic rings. The molecule has 0 spiro atoms. The van der Waals surface area contributed by atoms with Gasteiger partial charge in [-0.15, -0.1) is 0 Å². The van der Waals surface area contributed by atoms with Crippen LogP contribution < -0.4 is 10.6 Å². The highest BCUT2D eigenvalue weighted by molar-refractivity contribution is 6.02. The molecule has 0 fully saturated rings. The zero-order valence-corrected chi connectivity index (χ0v) is 12.5. The molecule has 0 aromatic heterocycles. The van der Waals surface area contributed by atoms with Crippen LogP contribution in [0, 0.1) is 5.92 Å². The minimum Gasteiger partial charge on any atom is -0.321 e. The second kappa shape index (κ2) is 5.37. The van der Waals surface area contributed by atoms with E-state index in [9.17, 15) is 9.59 Å². The van der Waals surface area contributed by atoms with Gasteiger partial charge < -0.3 is 10.6 Å². The number of anilines is 1. The third kappa shape index (κ3) is 2.48. The molecular formula is C16H22N2O2. The van der Waals surface area contributed by atoms with E-state index in [1.54, 1.807) is 13.0 Å². The molecule has 2 N–H and O–H groups in total. The highest BCUT2D eigenvalue weighted by Gasteiger charge is 2.32. The zero-order chi connectivity index (χ0) is 15.0. The number of Topliss-reactive ketones (excluding diaryl/α,β-unsaturated/α-hetero) is 1. The number of fused-ring (bicyclic) bond motifs is 1. The molecule has 0 bridgehead atoms. The van der Waals surface area contributed by atoms with Gasteiger partial charge in [-0.2, -0.15) is 0 Å². The summed E-state index contributed by atoms with van der Waals surface area (Å²) in [5.41, 5.74) is 8.25. The summed E-state index contributed by atoms with van der Waals surface area (Å²) in [7, 11) is 0. The van der Waals surface area contributed by atoms with Crippen molar-refractivity contribution in [1.82, 2.24) is 0 Å². The third-order valence-corrected chi connectivity index (χ3v) is 3.72. The van der Waals surface area contributed by atoms with Crippen LogP contribution in [-0.2, 0) is 11.2 Å². The lowest BCUT2D eigenvalue weighted by atomic mass is 10.0. The Morgan fingerprint density at radius 2 is 1.95 bits per heavy atom. The van der Waals surface area contributed by atoms with E-state index in [0.717, 1.165) is 17.7 Å². The summed E-state index contributed by atoms with van der Waals surface area (Å²) in [5, 5.41) is 0. The highest BCUT2D eigenvalue weighted by Crippen LogP contribution is 2.34. The zero-order valence-electron chi connectivity index (χ0n) is 12.5. The van der Waals surface area contributed by atoms with Gasteiger partial charge in [-0.05, 0) is 44.0 Å². The number of carbonyl (C=O) groups is 2. The predicted octanol–water partition coefficient (Wildman–Crippen LogP) is 2.15. The Hall–Kier alpha value is -1.68. The van der Waals surface area contributed by atoms with Crippen LogP contribution in [0.5, 0.6) is 0 Å². The van der Waals surface area contributed by atoms with E-state index < -0.39 is 6.04 Å². The van der Waals surface area contributed by atoms with Crippen LogP contribution in [0.1, 0.15) is 43.6 Å². The van der Waals surface area contributed by atoms with Gasteiger partial charge in [-0.3, -0.25) is 9.59 Å². The molecule has 1 aromatic rings. The molecule has 4 nitrogen and oxygen atoms in total. The number of benzene rings is 1. The molecule has 1 heterocycles. The number of hydrogen-bond donors (Lipinski definition) is 1. The maximum Gasteiger partial charge on any atom is 0.229 e. The van der Waals surface area contributed by atoms with E-state index in [2.05, 4.69) is 0 Å². The molecule has 0 saturated carbocycles. The number of nitrogens with zero attached hydrogens (tertiary/aromatic N) is 1. The molecule has 2 atom stereocenters. The summed E-state index contributed by atoms with van der Waals surface area (Å²) < 4.78 is 0. The first-order chi connectivity index (χ1) is 9.32. The van der Waals surface area contributed by atoms with Crippen molar-refractivity contribution in [2.24, 2.45) is 11.7 Å². The first-order valence-electron chi connectivity index (χ1n) is 7.08. The van der Waals surface area contributed by atoms with Crippen molar-refractivity contribution in [1.29, 1.82) is 0 Å². The van der Waals surface area contributed by atoms with Crippen molar-refractivity contribution >= 4 is 17.4 Å². The lowest BCUT2D eigenvalue weighted by molar-refractivity contribution is -0.121. The van der Waals surface area contributed by atoms with Crippen molar-refractivity contribution in [3.05, 3.63) is 29.3 Å². The lowest BCUT2D eigenvalue weighted by Crippen LogP contribution is -2.38. The molecule has 1 aliphatic heterocycles. The number of carbonyl (C=O) groups excluding carboxylic acids is 2. The van der Waals surface area contributed by atoms with Crippen molar-refractivity contribution in [2.45, 2.75) is 46.2 Å².